The van der Waals surface area contributed by atoms with Crippen LogP contribution in [0.5, 0.6) is 5.75 Å². The average molecular weight is 241 g/mol. The third-order valence-electron chi connectivity index (χ3n) is 2.78. The van der Waals surface area contributed by atoms with Gasteiger partial charge >= 0.3 is 0 Å². The van der Waals surface area contributed by atoms with Gasteiger partial charge in [-0.1, -0.05) is 17.7 Å². The molecule has 0 spiro atoms. The zero-order chi connectivity index (χ0) is 11.4. The predicted molar refractivity (Wildman–Crippen MR) is 66.0 cm³/mol. The topological polar surface area (TPSA) is 38.5 Å². The lowest BCUT2D eigenvalue weighted by Crippen LogP contribution is -2.29. The Kier molecular flexibility index (Phi) is 4.04. The Hall–Kier alpha value is -0.770. The van der Waals surface area contributed by atoms with Crippen LogP contribution < -0.4 is 10.5 Å². The molecule has 1 fully saturated rings. The van der Waals surface area contributed by atoms with E-state index in [-0.39, 0.29) is 0 Å². The van der Waals surface area contributed by atoms with Crippen molar-refractivity contribution in [2.75, 3.05) is 26.2 Å². The summed E-state index contributed by atoms with van der Waals surface area (Å²) >= 11 is 5.86. The molecule has 1 aliphatic heterocycles. The number of nitrogens with two attached hydrogens (primary N) is 1. The van der Waals surface area contributed by atoms with E-state index < -0.39 is 0 Å². The molecular formula is C12H17ClN2O. The van der Waals surface area contributed by atoms with Gasteiger partial charge in [0.25, 0.3) is 0 Å². The number of benzene rings is 1. The van der Waals surface area contributed by atoms with Crippen LogP contribution in [-0.2, 0) is 0 Å². The minimum atomic E-state index is 0.339. The third-order valence-corrected chi connectivity index (χ3v) is 3.02. The van der Waals surface area contributed by atoms with Gasteiger partial charge in [0.2, 0.25) is 0 Å². The molecule has 0 aliphatic carbocycles. The van der Waals surface area contributed by atoms with Crippen LogP contribution in [0.2, 0.25) is 5.02 Å². The largest absolute Gasteiger partial charge is 0.492 e. The summed E-state index contributed by atoms with van der Waals surface area (Å²) in [6.45, 7) is 3.69. The van der Waals surface area contributed by atoms with Crippen molar-refractivity contribution in [1.29, 1.82) is 0 Å². The van der Waals surface area contributed by atoms with Crippen molar-refractivity contribution < 1.29 is 4.74 Å². The van der Waals surface area contributed by atoms with Crippen LogP contribution in [0.3, 0.4) is 0 Å². The number of hydrogen-bond donors (Lipinski definition) is 1. The van der Waals surface area contributed by atoms with Crippen LogP contribution >= 0.6 is 11.6 Å². The van der Waals surface area contributed by atoms with Crippen LogP contribution in [0.4, 0.5) is 0 Å². The summed E-state index contributed by atoms with van der Waals surface area (Å²) in [4.78, 5) is 2.33. The maximum Gasteiger partial charge on any atom is 0.120 e. The van der Waals surface area contributed by atoms with Crippen molar-refractivity contribution in [3.8, 4) is 5.75 Å². The molecule has 1 aromatic carbocycles. The first-order chi connectivity index (χ1) is 7.74. The van der Waals surface area contributed by atoms with E-state index in [1.54, 1.807) is 0 Å². The van der Waals surface area contributed by atoms with Crippen LogP contribution in [0.15, 0.2) is 24.3 Å². The SMILES string of the molecule is N[C@H]1CCN(CCOc2cccc(Cl)c2)C1. The zero-order valence-electron chi connectivity index (χ0n) is 9.23. The Morgan fingerprint density at radius 2 is 2.38 bits per heavy atom. The smallest absolute Gasteiger partial charge is 0.120 e. The Labute approximate surface area is 101 Å². The number of likely N-dealkylation sites (tertiary alicyclic amines) is 1. The fourth-order valence-corrected chi connectivity index (χ4v) is 2.10. The monoisotopic (exact) mass is 240 g/mol. The second kappa shape index (κ2) is 5.53. The van der Waals surface area contributed by atoms with Gasteiger partial charge < -0.3 is 10.5 Å². The Morgan fingerprint density at radius 3 is 3.06 bits per heavy atom. The first-order valence-electron chi connectivity index (χ1n) is 5.60. The Bertz CT molecular complexity index is 346. The minimum absolute atomic E-state index is 0.339. The molecule has 3 nitrogen and oxygen atoms in total. The molecule has 1 saturated heterocycles. The highest BCUT2D eigenvalue weighted by atomic mass is 35.5. The summed E-state index contributed by atoms with van der Waals surface area (Å²) in [5, 5.41) is 0.709. The van der Waals surface area contributed by atoms with Gasteiger partial charge in [0, 0.05) is 24.2 Å². The first kappa shape index (κ1) is 11.7. The van der Waals surface area contributed by atoms with Gasteiger partial charge in [0.15, 0.2) is 0 Å². The van der Waals surface area contributed by atoms with Crippen molar-refractivity contribution in [1.82, 2.24) is 4.90 Å². The number of rotatable bonds is 4. The van der Waals surface area contributed by atoms with E-state index in [0.717, 1.165) is 31.8 Å². The average Bonchev–Trinajstić information content (AvgIpc) is 2.64. The van der Waals surface area contributed by atoms with E-state index in [1.165, 1.54) is 0 Å². The molecule has 0 aromatic heterocycles. The molecular weight excluding hydrogens is 224 g/mol. The van der Waals surface area contributed by atoms with Crippen molar-refractivity contribution in [2.24, 2.45) is 5.73 Å². The van der Waals surface area contributed by atoms with Crippen LogP contribution in [0.1, 0.15) is 6.42 Å². The van der Waals surface area contributed by atoms with Crippen LogP contribution in [0.25, 0.3) is 0 Å². The van der Waals surface area contributed by atoms with Gasteiger partial charge in [0.1, 0.15) is 12.4 Å². The minimum Gasteiger partial charge on any atom is -0.492 e. The molecule has 88 valence electrons. The molecule has 0 bridgehead atoms. The Morgan fingerprint density at radius 1 is 1.50 bits per heavy atom. The van der Waals surface area contributed by atoms with Gasteiger partial charge in [-0.15, -0.1) is 0 Å². The van der Waals surface area contributed by atoms with Crippen molar-refractivity contribution in [3.63, 3.8) is 0 Å². The fourth-order valence-electron chi connectivity index (χ4n) is 1.92. The molecule has 2 N–H and O–H groups in total. The third kappa shape index (κ3) is 3.37. The predicted octanol–water partition coefficient (Wildman–Crippen LogP) is 1.75. The number of ether oxygens (including phenoxy) is 1. The van der Waals surface area contributed by atoms with E-state index >= 15 is 0 Å². The lowest BCUT2D eigenvalue weighted by molar-refractivity contribution is 0.236. The van der Waals surface area contributed by atoms with E-state index in [9.17, 15) is 0 Å². The van der Waals surface area contributed by atoms with E-state index in [4.69, 9.17) is 22.1 Å². The molecule has 0 radical (unpaired) electrons. The van der Waals surface area contributed by atoms with Gasteiger partial charge in [-0.2, -0.15) is 0 Å². The standard InChI is InChI=1S/C12H17ClN2O/c13-10-2-1-3-12(8-10)16-7-6-15-5-4-11(14)9-15/h1-3,8,11H,4-7,9,14H2/t11-/m0/s1. The van der Waals surface area contributed by atoms with Gasteiger partial charge in [-0.3, -0.25) is 4.90 Å². The molecule has 1 aromatic rings. The molecule has 1 atom stereocenters. The molecule has 16 heavy (non-hydrogen) atoms. The van der Waals surface area contributed by atoms with Gasteiger partial charge in [-0.25, -0.2) is 0 Å². The summed E-state index contributed by atoms with van der Waals surface area (Å²) in [6, 6.07) is 7.82. The zero-order valence-corrected chi connectivity index (χ0v) is 9.99. The molecule has 4 heteroatoms. The lowest BCUT2D eigenvalue weighted by Gasteiger charge is -2.15. The van der Waals surface area contributed by atoms with Crippen LogP contribution in [-0.4, -0.2) is 37.2 Å². The summed E-state index contributed by atoms with van der Waals surface area (Å²) < 4.78 is 5.62. The highest BCUT2D eigenvalue weighted by molar-refractivity contribution is 6.30. The first-order valence-corrected chi connectivity index (χ1v) is 5.98. The number of nitrogens with zero attached hydrogens (tertiary/aromatic N) is 1. The van der Waals surface area contributed by atoms with Gasteiger partial charge in [-0.05, 0) is 31.2 Å². The highest BCUT2D eigenvalue weighted by Gasteiger charge is 2.18. The maximum atomic E-state index is 5.86. The number of hydrogen-bond acceptors (Lipinski definition) is 3. The summed E-state index contributed by atoms with van der Waals surface area (Å²) in [5.41, 5.74) is 5.83. The van der Waals surface area contributed by atoms with E-state index in [1.807, 2.05) is 24.3 Å². The van der Waals surface area contributed by atoms with E-state index in [2.05, 4.69) is 4.90 Å². The normalized spacial score (nSPS) is 21.2. The van der Waals surface area contributed by atoms with E-state index in [0.29, 0.717) is 17.7 Å². The Balaban J connectivity index is 1.72. The molecule has 0 amide bonds. The van der Waals surface area contributed by atoms with Crippen molar-refractivity contribution in [3.05, 3.63) is 29.3 Å². The molecule has 0 unspecified atom stereocenters. The summed E-state index contributed by atoms with van der Waals surface area (Å²) in [6.07, 6.45) is 1.09. The highest BCUT2D eigenvalue weighted by Crippen LogP contribution is 2.17. The number of halogens is 1. The van der Waals surface area contributed by atoms with Crippen molar-refractivity contribution >= 4 is 11.6 Å². The van der Waals surface area contributed by atoms with Crippen molar-refractivity contribution in [2.45, 2.75) is 12.5 Å². The maximum absolute atomic E-state index is 5.86. The fraction of sp³-hybridized carbons (Fsp3) is 0.500. The van der Waals surface area contributed by atoms with Gasteiger partial charge in [0.05, 0.1) is 0 Å². The lowest BCUT2D eigenvalue weighted by atomic mass is 10.3. The molecule has 1 aliphatic rings. The second-order valence-electron chi connectivity index (χ2n) is 4.16. The quantitative estimate of drug-likeness (QED) is 0.872. The summed E-state index contributed by atoms with van der Waals surface area (Å²) in [5.74, 6) is 0.830. The molecule has 1 heterocycles. The second-order valence-corrected chi connectivity index (χ2v) is 4.59. The molecule has 0 saturated carbocycles. The molecule has 2 rings (SSSR count). The van der Waals surface area contributed by atoms with Crippen LogP contribution in [0, 0.1) is 0 Å². The summed E-state index contributed by atoms with van der Waals surface area (Å²) in [7, 11) is 0.